The molecule has 2 aromatic heterocycles. The molecule has 19 heavy (non-hydrogen) atoms. The van der Waals surface area contributed by atoms with E-state index in [1.807, 2.05) is 36.4 Å². The van der Waals surface area contributed by atoms with E-state index in [0.29, 0.717) is 22.1 Å². The average Bonchev–Trinajstić information content (AvgIpc) is 2.47. The number of hydrogen-bond acceptors (Lipinski definition) is 3. The Morgan fingerprint density at radius 3 is 2.68 bits per heavy atom. The first-order valence-electron chi connectivity index (χ1n) is 6.00. The van der Waals surface area contributed by atoms with Crippen LogP contribution in [0.1, 0.15) is 0 Å². The second kappa shape index (κ2) is 3.62. The predicted octanol–water partition coefficient (Wildman–Crippen LogP) is 2.57. The van der Waals surface area contributed by atoms with Crippen molar-refractivity contribution in [1.29, 1.82) is 0 Å². The highest BCUT2D eigenvalue weighted by Gasteiger charge is 2.13. The molecule has 0 unspecified atom stereocenters. The lowest BCUT2D eigenvalue weighted by Gasteiger charge is -2.06. The van der Waals surface area contributed by atoms with E-state index in [1.165, 1.54) is 0 Å². The summed E-state index contributed by atoms with van der Waals surface area (Å²) in [6.07, 6.45) is 1.74. The largest absolute Gasteiger partial charge is 0.618 e. The molecule has 0 fully saturated rings. The van der Waals surface area contributed by atoms with E-state index in [4.69, 9.17) is 0 Å². The standard InChI is InChI=1S/C15H9N3O/c19-18-13-6-2-1-5-12(13)17-15-10-4-3-9-16-11(10)7-8-14(15)18/h1-9H. The van der Waals surface area contributed by atoms with Gasteiger partial charge in [0.2, 0.25) is 11.0 Å². The molecule has 90 valence electrons. The van der Waals surface area contributed by atoms with E-state index < -0.39 is 0 Å². The Balaban J connectivity index is 2.32. The van der Waals surface area contributed by atoms with Crippen molar-refractivity contribution in [2.75, 3.05) is 0 Å². The minimum absolute atomic E-state index is 0.569. The molecule has 4 rings (SSSR count). The van der Waals surface area contributed by atoms with Crippen LogP contribution in [0.5, 0.6) is 0 Å². The van der Waals surface area contributed by atoms with Gasteiger partial charge in [0, 0.05) is 23.7 Å². The van der Waals surface area contributed by atoms with Crippen LogP contribution in [0.25, 0.3) is 33.0 Å². The molecule has 0 amide bonds. The van der Waals surface area contributed by atoms with Gasteiger partial charge in [0.1, 0.15) is 11.0 Å². The van der Waals surface area contributed by atoms with Gasteiger partial charge in [0.15, 0.2) is 0 Å². The van der Waals surface area contributed by atoms with Crippen LogP contribution in [0, 0.1) is 5.21 Å². The molecule has 4 aromatic rings. The Morgan fingerprint density at radius 2 is 1.74 bits per heavy atom. The highest BCUT2D eigenvalue weighted by Crippen LogP contribution is 2.22. The van der Waals surface area contributed by atoms with Gasteiger partial charge in [0.05, 0.1) is 5.52 Å². The third-order valence-corrected chi connectivity index (χ3v) is 3.29. The Hall–Kier alpha value is -2.75. The Labute approximate surface area is 108 Å². The van der Waals surface area contributed by atoms with Crippen molar-refractivity contribution in [1.82, 2.24) is 9.97 Å². The number of benzene rings is 2. The van der Waals surface area contributed by atoms with Gasteiger partial charge in [0.25, 0.3) is 0 Å². The first-order valence-corrected chi connectivity index (χ1v) is 6.00. The van der Waals surface area contributed by atoms with Gasteiger partial charge >= 0.3 is 0 Å². The van der Waals surface area contributed by atoms with Gasteiger partial charge in [-0.2, -0.15) is 4.73 Å². The lowest BCUT2D eigenvalue weighted by atomic mass is 10.1. The average molecular weight is 247 g/mol. The van der Waals surface area contributed by atoms with Crippen molar-refractivity contribution in [3.05, 3.63) is 59.9 Å². The fraction of sp³-hybridized carbons (Fsp3) is 0. The van der Waals surface area contributed by atoms with Gasteiger partial charge in [-0.05, 0) is 24.3 Å². The molecular formula is C15H9N3O. The van der Waals surface area contributed by atoms with E-state index in [1.54, 1.807) is 18.3 Å². The summed E-state index contributed by atoms with van der Waals surface area (Å²) < 4.78 is 0.935. The topological polar surface area (TPSA) is 52.7 Å². The lowest BCUT2D eigenvalue weighted by molar-refractivity contribution is -0.548. The van der Waals surface area contributed by atoms with Crippen molar-refractivity contribution >= 4 is 33.0 Å². The normalized spacial score (nSPS) is 11.4. The summed E-state index contributed by atoms with van der Waals surface area (Å²) in [6, 6.07) is 14.8. The molecule has 4 nitrogen and oxygen atoms in total. The summed E-state index contributed by atoms with van der Waals surface area (Å²) >= 11 is 0. The van der Waals surface area contributed by atoms with Crippen molar-refractivity contribution in [3.8, 4) is 0 Å². The minimum Gasteiger partial charge on any atom is -0.618 e. The fourth-order valence-corrected chi connectivity index (χ4v) is 2.39. The number of hydrogen-bond donors (Lipinski definition) is 0. The van der Waals surface area contributed by atoms with Crippen LogP contribution in [0.15, 0.2) is 54.7 Å². The van der Waals surface area contributed by atoms with Gasteiger partial charge in [-0.25, -0.2) is 4.98 Å². The SMILES string of the molecule is [O-][n+]1c2ccccc2nc2c3cccnc3ccc21. The van der Waals surface area contributed by atoms with Gasteiger partial charge < -0.3 is 5.21 Å². The highest BCUT2D eigenvalue weighted by atomic mass is 16.5. The summed E-state index contributed by atoms with van der Waals surface area (Å²) in [5.74, 6) is 0. The molecule has 0 aliphatic heterocycles. The quantitative estimate of drug-likeness (QED) is 0.208. The molecule has 0 atom stereocenters. The predicted molar refractivity (Wildman–Crippen MR) is 73.5 cm³/mol. The Bertz CT molecular complexity index is 934. The van der Waals surface area contributed by atoms with Crippen molar-refractivity contribution < 1.29 is 4.73 Å². The van der Waals surface area contributed by atoms with Crippen LogP contribution in [0.3, 0.4) is 0 Å². The fourth-order valence-electron chi connectivity index (χ4n) is 2.39. The lowest BCUT2D eigenvalue weighted by Crippen LogP contribution is -2.28. The molecule has 0 spiro atoms. The first-order chi connectivity index (χ1) is 9.34. The molecule has 4 heteroatoms. The maximum absolute atomic E-state index is 12.4. The van der Waals surface area contributed by atoms with E-state index in [-0.39, 0.29) is 0 Å². The number of fused-ring (bicyclic) bond motifs is 4. The molecule has 2 aromatic carbocycles. The monoisotopic (exact) mass is 247 g/mol. The van der Waals surface area contributed by atoms with Crippen molar-refractivity contribution in [3.63, 3.8) is 0 Å². The second-order valence-electron chi connectivity index (χ2n) is 4.40. The molecule has 0 aliphatic rings. The van der Waals surface area contributed by atoms with Crippen LogP contribution < -0.4 is 4.73 Å². The second-order valence-corrected chi connectivity index (χ2v) is 4.40. The zero-order valence-corrected chi connectivity index (χ0v) is 9.95. The molecular weight excluding hydrogens is 238 g/mol. The molecule has 0 saturated heterocycles. The van der Waals surface area contributed by atoms with Crippen LogP contribution >= 0.6 is 0 Å². The smallest absolute Gasteiger partial charge is 0.243 e. The van der Waals surface area contributed by atoms with E-state index in [2.05, 4.69) is 9.97 Å². The van der Waals surface area contributed by atoms with Crippen LogP contribution in [-0.2, 0) is 0 Å². The Kier molecular flexibility index (Phi) is 1.94. The first kappa shape index (κ1) is 10.2. The summed E-state index contributed by atoms with van der Waals surface area (Å²) in [6.45, 7) is 0. The molecule has 0 aliphatic carbocycles. The minimum atomic E-state index is 0.569. The summed E-state index contributed by atoms with van der Waals surface area (Å²) in [5.41, 5.74) is 3.39. The number of rotatable bonds is 0. The Morgan fingerprint density at radius 1 is 0.842 bits per heavy atom. The number of aromatic nitrogens is 3. The van der Waals surface area contributed by atoms with Crippen LogP contribution in [0.4, 0.5) is 0 Å². The van der Waals surface area contributed by atoms with Crippen LogP contribution in [-0.4, -0.2) is 9.97 Å². The van der Waals surface area contributed by atoms with Gasteiger partial charge in [-0.15, -0.1) is 0 Å². The summed E-state index contributed by atoms with van der Waals surface area (Å²) in [4.78, 5) is 8.90. The zero-order chi connectivity index (χ0) is 12.8. The maximum Gasteiger partial charge on any atom is 0.243 e. The third kappa shape index (κ3) is 1.37. The van der Waals surface area contributed by atoms with Crippen molar-refractivity contribution in [2.45, 2.75) is 0 Å². The maximum atomic E-state index is 12.4. The third-order valence-electron chi connectivity index (χ3n) is 3.29. The van der Waals surface area contributed by atoms with E-state index >= 15 is 0 Å². The van der Waals surface area contributed by atoms with E-state index in [0.717, 1.165) is 15.6 Å². The molecule has 0 N–H and O–H groups in total. The molecule has 0 radical (unpaired) electrons. The van der Waals surface area contributed by atoms with Gasteiger partial charge in [-0.3, -0.25) is 4.98 Å². The van der Waals surface area contributed by atoms with Crippen LogP contribution in [0.2, 0.25) is 0 Å². The van der Waals surface area contributed by atoms with Gasteiger partial charge in [-0.1, -0.05) is 12.1 Å². The molecule has 0 saturated carbocycles. The highest BCUT2D eigenvalue weighted by molar-refractivity contribution is 6.02. The zero-order valence-electron chi connectivity index (χ0n) is 9.95. The number of nitrogens with zero attached hydrogens (tertiary/aromatic N) is 3. The molecule has 2 heterocycles. The van der Waals surface area contributed by atoms with E-state index in [9.17, 15) is 5.21 Å². The summed E-state index contributed by atoms with van der Waals surface area (Å²) in [7, 11) is 0. The molecule has 0 bridgehead atoms. The number of para-hydroxylation sites is 2. The summed E-state index contributed by atoms with van der Waals surface area (Å²) in [5, 5.41) is 13.3. The number of pyridine rings is 1. The van der Waals surface area contributed by atoms with Crippen molar-refractivity contribution in [2.24, 2.45) is 0 Å².